The zero-order chi connectivity index (χ0) is 15.2. The van der Waals surface area contributed by atoms with Gasteiger partial charge in [-0.15, -0.1) is 11.3 Å². The molecule has 0 unspecified atom stereocenters. The molecule has 2 saturated heterocycles. The molecule has 22 heavy (non-hydrogen) atoms. The van der Waals surface area contributed by atoms with Crippen LogP contribution in [0.25, 0.3) is 10.2 Å². The van der Waals surface area contributed by atoms with E-state index in [1.165, 1.54) is 11.1 Å². The molecule has 2 aliphatic heterocycles. The predicted octanol–water partition coefficient (Wildman–Crippen LogP) is 1.97. The van der Waals surface area contributed by atoms with Crippen LogP contribution in [0.5, 0.6) is 0 Å². The first-order valence-corrected chi connectivity index (χ1v) is 8.86. The van der Waals surface area contributed by atoms with E-state index in [0.717, 1.165) is 43.8 Å². The maximum atomic E-state index is 10.0. The van der Waals surface area contributed by atoms with Gasteiger partial charge < -0.3 is 14.9 Å². The minimum Gasteiger partial charge on any atom is -0.396 e. The number of hydrogen-bond donors (Lipinski definition) is 1. The van der Waals surface area contributed by atoms with Crippen LogP contribution in [-0.4, -0.2) is 59.3 Å². The zero-order valence-electron chi connectivity index (χ0n) is 12.9. The molecule has 0 aliphatic carbocycles. The predicted molar refractivity (Wildman–Crippen MR) is 89.4 cm³/mol. The fraction of sp³-hybridized carbons (Fsp3) is 0.625. The molecule has 0 aromatic carbocycles. The highest BCUT2D eigenvalue weighted by Crippen LogP contribution is 2.43. The standard InChI is InChI=1S/C16H22N4OS/c1-19-6-2-4-16(10-21)5-7-20(9-13(16)19)15-14-12(3-8-22-14)17-11-18-15/h3,8,11,13,21H,2,4-7,9-10H2,1H3/t13-,16-/m1/s1. The van der Waals surface area contributed by atoms with Crippen molar-refractivity contribution in [2.24, 2.45) is 5.41 Å². The lowest BCUT2D eigenvalue weighted by Crippen LogP contribution is -2.61. The van der Waals surface area contributed by atoms with Crippen LogP contribution in [0.1, 0.15) is 19.3 Å². The molecule has 4 rings (SSSR count). The third kappa shape index (κ3) is 2.13. The summed E-state index contributed by atoms with van der Waals surface area (Å²) < 4.78 is 1.18. The lowest BCUT2D eigenvalue weighted by Gasteiger charge is -2.53. The van der Waals surface area contributed by atoms with Gasteiger partial charge in [0.2, 0.25) is 0 Å². The number of anilines is 1. The van der Waals surface area contributed by atoms with Crippen molar-refractivity contribution >= 4 is 27.4 Å². The molecule has 2 aromatic rings. The number of likely N-dealkylation sites (tertiary alicyclic amines) is 1. The van der Waals surface area contributed by atoms with E-state index in [0.29, 0.717) is 12.6 Å². The number of thiophene rings is 1. The van der Waals surface area contributed by atoms with Gasteiger partial charge in [0.25, 0.3) is 0 Å². The van der Waals surface area contributed by atoms with E-state index in [4.69, 9.17) is 0 Å². The summed E-state index contributed by atoms with van der Waals surface area (Å²) in [6, 6.07) is 2.46. The third-order valence-corrected chi connectivity index (χ3v) is 6.44. The largest absolute Gasteiger partial charge is 0.396 e. The Morgan fingerprint density at radius 3 is 3.14 bits per heavy atom. The number of aliphatic hydroxyl groups excluding tert-OH is 1. The van der Waals surface area contributed by atoms with Gasteiger partial charge in [0, 0.05) is 24.5 Å². The summed E-state index contributed by atoms with van der Waals surface area (Å²) in [5, 5.41) is 12.1. The SMILES string of the molecule is CN1CCC[C@]2(CO)CCN(c3ncnc4ccsc34)C[C@@H]12. The molecule has 118 valence electrons. The number of likely N-dealkylation sites (N-methyl/N-ethyl adjacent to an activating group) is 1. The maximum Gasteiger partial charge on any atom is 0.150 e. The summed E-state index contributed by atoms with van der Waals surface area (Å²) in [7, 11) is 2.19. The van der Waals surface area contributed by atoms with Gasteiger partial charge >= 0.3 is 0 Å². The summed E-state index contributed by atoms with van der Waals surface area (Å²) in [5.74, 6) is 1.06. The van der Waals surface area contributed by atoms with E-state index in [1.54, 1.807) is 17.7 Å². The van der Waals surface area contributed by atoms with Crippen molar-refractivity contribution in [2.75, 3.05) is 38.2 Å². The van der Waals surface area contributed by atoms with Crippen molar-refractivity contribution in [3.8, 4) is 0 Å². The fourth-order valence-corrected chi connectivity index (χ4v) is 5.07. The Morgan fingerprint density at radius 1 is 1.36 bits per heavy atom. The van der Waals surface area contributed by atoms with E-state index in [9.17, 15) is 5.11 Å². The molecule has 4 heterocycles. The number of piperidine rings is 2. The smallest absolute Gasteiger partial charge is 0.150 e. The molecule has 0 radical (unpaired) electrons. The van der Waals surface area contributed by atoms with E-state index in [-0.39, 0.29) is 5.41 Å². The topological polar surface area (TPSA) is 52.5 Å². The highest BCUT2D eigenvalue weighted by Gasteiger charge is 2.46. The van der Waals surface area contributed by atoms with E-state index < -0.39 is 0 Å². The number of aliphatic hydroxyl groups is 1. The Morgan fingerprint density at radius 2 is 2.27 bits per heavy atom. The third-order valence-electron chi connectivity index (χ3n) is 5.54. The average Bonchev–Trinajstić information content (AvgIpc) is 3.03. The first-order chi connectivity index (χ1) is 10.7. The quantitative estimate of drug-likeness (QED) is 0.917. The van der Waals surface area contributed by atoms with Crippen molar-refractivity contribution in [3.63, 3.8) is 0 Å². The van der Waals surface area contributed by atoms with Crippen LogP contribution in [0, 0.1) is 5.41 Å². The van der Waals surface area contributed by atoms with Crippen LogP contribution in [0.4, 0.5) is 5.82 Å². The molecular formula is C16H22N4OS. The van der Waals surface area contributed by atoms with E-state index in [1.807, 2.05) is 0 Å². The molecule has 2 aliphatic rings. The van der Waals surface area contributed by atoms with Gasteiger partial charge in [-0.25, -0.2) is 9.97 Å². The monoisotopic (exact) mass is 318 g/mol. The maximum absolute atomic E-state index is 10.0. The van der Waals surface area contributed by atoms with E-state index in [2.05, 4.69) is 38.3 Å². The second-order valence-corrected chi connectivity index (χ2v) is 7.56. The van der Waals surface area contributed by atoms with Crippen LogP contribution in [0.15, 0.2) is 17.8 Å². The highest BCUT2D eigenvalue weighted by atomic mass is 32.1. The second kappa shape index (κ2) is 5.44. The molecule has 6 heteroatoms. The van der Waals surface area contributed by atoms with Gasteiger partial charge in [0.15, 0.2) is 0 Å². The number of rotatable bonds is 2. The normalized spacial score (nSPS) is 29.7. The second-order valence-electron chi connectivity index (χ2n) is 6.65. The molecule has 5 nitrogen and oxygen atoms in total. The van der Waals surface area contributed by atoms with Gasteiger partial charge in [0.05, 0.1) is 16.8 Å². The summed E-state index contributed by atoms with van der Waals surface area (Å²) in [4.78, 5) is 13.7. The molecule has 0 bridgehead atoms. The van der Waals surface area contributed by atoms with Crippen molar-refractivity contribution in [3.05, 3.63) is 17.8 Å². The van der Waals surface area contributed by atoms with Crippen LogP contribution >= 0.6 is 11.3 Å². The zero-order valence-corrected chi connectivity index (χ0v) is 13.7. The molecule has 0 saturated carbocycles. The number of aromatic nitrogens is 2. The molecular weight excluding hydrogens is 296 g/mol. The Kier molecular flexibility index (Phi) is 3.55. The van der Waals surface area contributed by atoms with Crippen LogP contribution in [-0.2, 0) is 0 Å². The summed E-state index contributed by atoms with van der Waals surface area (Å²) in [6.45, 7) is 3.34. The van der Waals surface area contributed by atoms with Gasteiger partial charge in [-0.05, 0) is 44.3 Å². The summed E-state index contributed by atoms with van der Waals surface area (Å²) >= 11 is 1.71. The first-order valence-electron chi connectivity index (χ1n) is 7.98. The molecule has 2 atom stereocenters. The fourth-order valence-electron chi connectivity index (χ4n) is 4.21. The molecule has 0 amide bonds. The van der Waals surface area contributed by atoms with Gasteiger partial charge in [0.1, 0.15) is 12.1 Å². The molecule has 2 aromatic heterocycles. The van der Waals surface area contributed by atoms with Crippen molar-refractivity contribution in [2.45, 2.75) is 25.3 Å². The molecule has 2 fully saturated rings. The van der Waals surface area contributed by atoms with Crippen molar-refractivity contribution in [1.82, 2.24) is 14.9 Å². The van der Waals surface area contributed by atoms with Crippen LogP contribution in [0.2, 0.25) is 0 Å². The van der Waals surface area contributed by atoms with E-state index >= 15 is 0 Å². The summed E-state index contributed by atoms with van der Waals surface area (Å²) in [5.41, 5.74) is 1.11. The van der Waals surface area contributed by atoms with Crippen LogP contribution in [0.3, 0.4) is 0 Å². The van der Waals surface area contributed by atoms with Gasteiger partial charge in [-0.3, -0.25) is 0 Å². The van der Waals surface area contributed by atoms with Crippen molar-refractivity contribution in [1.29, 1.82) is 0 Å². The summed E-state index contributed by atoms with van der Waals surface area (Å²) in [6.07, 6.45) is 5.04. The minimum absolute atomic E-state index is 0.0745. The number of fused-ring (bicyclic) bond motifs is 2. The Labute approximate surface area is 134 Å². The Bertz CT molecular complexity index is 675. The lowest BCUT2D eigenvalue weighted by atomic mass is 9.69. The lowest BCUT2D eigenvalue weighted by molar-refractivity contribution is -0.0277. The first kappa shape index (κ1) is 14.4. The highest BCUT2D eigenvalue weighted by molar-refractivity contribution is 7.17. The Hall–Kier alpha value is -1.24. The molecule has 1 N–H and O–H groups in total. The van der Waals surface area contributed by atoms with Gasteiger partial charge in [-0.2, -0.15) is 0 Å². The minimum atomic E-state index is 0.0745. The van der Waals surface area contributed by atoms with Crippen LogP contribution < -0.4 is 4.90 Å². The van der Waals surface area contributed by atoms with Gasteiger partial charge in [-0.1, -0.05) is 0 Å². The number of hydrogen-bond acceptors (Lipinski definition) is 6. The molecule has 0 spiro atoms. The average molecular weight is 318 g/mol. The van der Waals surface area contributed by atoms with Crippen molar-refractivity contribution < 1.29 is 5.11 Å². The number of nitrogens with zero attached hydrogens (tertiary/aromatic N) is 4. The Balaban J connectivity index is 1.67.